The molecule has 1 aliphatic rings. The molecule has 136 valence electrons. The first-order chi connectivity index (χ1) is 11.9. The van der Waals surface area contributed by atoms with Crippen LogP contribution >= 0.6 is 11.3 Å². The molecule has 0 unspecified atom stereocenters. The zero-order valence-corrected chi connectivity index (χ0v) is 16.1. The summed E-state index contributed by atoms with van der Waals surface area (Å²) in [5.74, 6) is 1.10. The number of piperidine rings is 1. The van der Waals surface area contributed by atoms with Crippen LogP contribution in [0.3, 0.4) is 0 Å². The number of hydrogen-bond acceptors (Lipinski definition) is 5. The Morgan fingerprint density at radius 3 is 2.76 bits per heavy atom. The topological polar surface area (TPSA) is 76.5 Å². The number of aromatic amines is 1. The van der Waals surface area contributed by atoms with Crippen molar-refractivity contribution in [2.45, 2.75) is 46.6 Å². The van der Waals surface area contributed by atoms with Crippen molar-refractivity contribution in [2.75, 3.05) is 19.7 Å². The van der Waals surface area contributed by atoms with Gasteiger partial charge in [-0.1, -0.05) is 6.92 Å². The van der Waals surface area contributed by atoms with Gasteiger partial charge in [-0.2, -0.15) is 0 Å². The summed E-state index contributed by atoms with van der Waals surface area (Å²) in [5.41, 5.74) is 0.492. The van der Waals surface area contributed by atoms with Crippen molar-refractivity contribution in [3.05, 3.63) is 26.6 Å². The predicted octanol–water partition coefficient (Wildman–Crippen LogP) is 1.85. The van der Waals surface area contributed by atoms with Crippen molar-refractivity contribution in [3.63, 3.8) is 0 Å². The van der Waals surface area contributed by atoms with Crippen LogP contribution in [0.15, 0.2) is 4.79 Å². The quantitative estimate of drug-likeness (QED) is 0.812. The molecule has 1 saturated heterocycles. The number of nitrogens with zero attached hydrogens (tertiary/aromatic N) is 1. The van der Waals surface area contributed by atoms with E-state index in [-0.39, 0.29) is 17.6 Å². The lowest BCUT2D eigenvalue weighted by Crippen LogP contribution is -3.13. The van der Waals surface area contributed by atoms with Gasteiger partial charge >= 0.3 is 5.97 Å². The Bertz CT molecular complexity index is 834. The summed E-state index contributed by atoms with van der Waals surface area (Å²) in [7, 11) is 0. The van der Waals surface area contributed by atoms with Gasteiger partial charge in [-0.15, -0.1) is 11.3 Å². The van der Waals surface area contributed by atoms with E-state index in [2.05, 4.69) is 23.8 Å². The third-order valence-corrected chi connectivity index (χ3v) is 6.38. The molecule has 2 N–H and O–H groups in total. The highest BCUT2D eigenvalue weighted by molar-refractivity contribution is 7.20. The molecule has 3 rings (SSSR count). The molecule has 6 nitrogen and oxygen atoms in total. The Kier molecular flexibility index (Phi) is 5.24. The molecule has 1 fully saturated rings. The fourth-order valence-corrected chi connectivity index (χ4v) is 4.60. The van der Waals surface area contributed by atoms with Crippen molar-refractivity contribution >= 4 is 27.5 Å². The van der Waals surface area contributed by atoms with Crippen molar-refractivity contribution in [3.8, 4) is 0 Å². The number of ether oxygens (including phenoxy) is 1. The molecule has 3 heterocycles. The van der Waals surface area contributed by atoms with E-state index in [0.717, 1.165) is 19.0 Å². The van der Waals surface area contributed by atoms with Crippen molar-refractivity contribution in [1.29, 1.82) is 0 Å². The van der Waals surface area contributed by atoms with Gasteiger partial charge in [0.2, 0.25) is 0 Å². The maximum Gasteiger partial charge on any atom is 0.348 e. The fourth-order valence-electron chi connectivity index (χ4n) is 3.52. The molecule has 0 aromatic carbocycles. The first kappa shape index (κ1) is 18.1. The zero-order valence-electron chi connectivity index (χ0n) is 15.3. The molecule has 7 heteroatoms. The Balaban J connectivity index is 1.96. The molecular formula is C18H26N3O3S+. The van der Waals surface area contributed by atoms with E-state index in [1.165, 1.54) is 29.1 Å². The van der Waals surface area contributed by atoms with E-state index in [9.17, 15) is 9.59 Å². The molecular weight excluding hydrogens is 338 g/mol. The van der Waals surface area contributed by atoms with Crippen LogP contribution in [-0.4, -0.2) is 35.6 Å². The van der Waals surface area contributed by atoms with Crippen LogP contribution in [0.1, 0.15) is 60.7 Å². The summed E-state index contributed by atoms with van der Waals surface area (Å²) >= 11 is 1.25. The van der Waals surface area contributed by atoms with Gasteiger partial charge in [0.15, 0.2) is 5.82 Å². The number of H-pyrrole nitrogens is 1. The molecule has 2 aromatic heterocycles. The molecule has 1 atom stereocenters. The minimum atomic E-state index is -0.382. The number of nitrogens with one attached hydrogen (secondary N) is 2. The lowest BCUT2D eigenvalue weighted by molar-refractivity contribution is -0.936. The lowest BCUT2D eigenvalue weighted by atomic mass is 9.98. The Morgan fingerprint density at radius 2 is 2.12 bits per heavy atom. The summed E-state index contributed by atoms with van der Waals surface area (Å²) in [6.45, 7) is 10.5. The number of aromatic nitrogens is 2. The fraction of sp³-hybridized carbons (Fsp3) is 0.611. The standard InChI is InChI=1S/C18H25N3O3S/c1-5-24-18(23)14-11(3)13-16(22)19-15(20-17(13)25-14)12(4)21-8-6-10(2)7-9-21/h10,12H,5-9H2,1-4H3,(H,19,20,22)/p+1/t12-/m0/s1. The summed E-state index contributed by atoms with van der Waals surface area (Å²) in [5, 5.41) is 0.506. The average Bonchev–Trinajstić information content (AvgIpc) is 2.92. The van der Waals surface area contributed by atoms with Gasteiger partial charge in [0, 0.05) is 0 Å². The normalized spacial score (nSPS) is 22.1. The third-order valence-electron chi connectivity index (χ3n) is 5.22. The van der Waals surface area contributed by atoms with Crippen LogP contribution in [0.4, 0.5) is 0 Å². The SMILES string of the molecule is CCOC(=O)c1sc2nc([C@H](C)[NH+]3CCC(C)CC3)[nH]c(=O)c2c1C. The Hall–Kier alpha value is -1.73. The number of rotatable bonds is 4. The number of fused-ring (bicyclic) bond motifs is 1. The van der Waals surface area contributed by atoms with Crippen LogP contribution in [0.5, 0.6) is 0 Å². The third kappa shape index (κ3) is 3.48. The number of likely N-dealkylation sites (tertiary alicyclic amines) is 1. The number of thiophene rings is 1. The molecule has 1 aliphatic heterocycles. The van der Waals surface area contributed by atoms with Crippen LogP contribution in [0, 0.1) is 12.8 Å². The molecule has 25 heavy (non-hydrogen) atoms. The molecule has 0 radical (unpaired) electrons. The second kappa shape index (κ2) is 7.25. The summed E-state index contributed by atoms with van der Waals surface area (Å²) in [6, 6.07) is 0.137. The highest BCUT2D eigenvalue weighted by Gasteiger charge is 2.28. The minimum Gasteiger partial charge on any atom is -0.462 e. The lowest BCUT2D eigenvalue weighted by Gasteiger charge is -2.31. The number of aryl methyl sites for hydroxylation is 1. The van der Waals surface area contributed by atoms with Gasteiger partial charge < -0.3 is 14.6 Å². The van der Waals surface area contributed by atoms with Crippen molar-refractivity contribution < 1.29 is 14.4 Å². The number of quaternary nitrogens is 1. The van der Waals surface area contributed by atoms with E-state index >= 15 is 0 Å². The Morgan fingerprint density at radius 1 is 1.44 bits per heavy atom. The molecule has 0 amide bonds. The zero-order chi connectivity index (χ0) is 18.1. The van der Waals surface area contributed by atoms with Crippen LogP contribution in [-0.2, 0) is 4.74 Å². The van der Waals surface area contributed by atoms with E-state index in [1.807, 2.05) is 0 Å². The average molecular weight is 364 g/mol. The molecule has 0 bridgehead atoms. The predicted molar refractivity (Wildman–Crippen MR) is 98.4 cm³/mol. The van der Waals surface area contributed by atoms with E-state index < -0.39 is 0 Å². The van der Waals surface area contributed by atoms with Gasteiger partial charge in [-0.25, -0.2) is 9.78 Å². The number of esters is 1. The van der Waals surface area contributed by atoms with Crippen LogP contribution in [0.25, 0.3) is 10.2 Å². The van der Waals surface area contributed by atoms with Crippen LogP contribution in [0.2, 0.25) is 0 Å². The number of carbonyl (C=O) groups excluding carboxylic acids is 1. The molecule has 0 spiro atoms. The van der Waals surface area contributed by atoms with Gasteiger partial charge in [0.05, 0.1) is 25.1 Å². The van der Waals surface area contributed by atoms with E-state index in [0.29, 0.717) is 33.1 Å². The molecule has 0 saturated carbocycles. The second-order valence-corrected chi connectivity index (χ2v) is 7.97. The molecule has 2 aromatic rings. The van der Waals surface area contributed by atoms with Gasteiger partial charge in [0.25, 0.3) is 5.56 Å². The van der Waals surface area contributed by atoms with Gasteiger partial charge in [-0.05, 0) is 45.1 Å². The van der Waals surface area contributed by atoms with Crippen molar-refractivity contribution in [1.82, 2.24) is 9.97 Å². The first-order valence-electron chi connectivity index (χ1n) is 8.97. The van der Waals surface area contributed by atoms with Gasteiger partial charge in [0.1, 0.15) is 15.7 Å². The van der Waals surface area contributed by atoms with E-state index in [1.54, 1.807) is 13.8 Å². The highest BCUT2D eigenvalue weighted by atomic mass is 32.1. The summed E-state index contributed by atoms with van der Waals surface area (Å²) < 4.78 is 5.09. The summed E-state index contributed by atoms with van der Waals surface area (Å²) in [6.07, 6.45) is 2.41. The largest absolute Gasteiger partial charge is 0.462 e. The maximum atomic E-state index is 12.6. The number of hydrogen-bond donors (Lipinski definition) is 2. The second-order valence-electron chi connectivity index (χ2n) is 6.97. The van der Waals surface area contributed by atoms with Gasteiger partial charge in [-0.3, -0.25) is 4.79 Å². The van der Waals surface area contributed by atoms with E-state index in [4.69, 9.17) is 4.74 Å². The summed E-state index contributed by atoms with van der Waals surface area (Å²) in [4.78, 5) is 34.9. The van der Waals surface area contributed by atoms with Crippen molar-refractivity contribution in [2.24, 2.45) is 5.92 Å². The smallest absolute Gasteiger partial charge is 0.348 e. The number of carbonyl (C=O) groups is 1. The molecule has 0 aliphatic carbocycles. The maximum absolute atomic E-state index is 12.6. The first-order valence-corrected chi connectivity index (χ1v) is 9.79. The monoisotopic (exact) mass is 364 g/mol. The highest BCUT2D eigenvalue weighted by Crippen LogP contribution is 2.28. The van der Waals surface area contributed by atoms with Crippen LogP contribution < -0.4 is 10.5 Å². The minimum absolute atomic E-state index is 0.137. The Labute approximate surface area is 151 Å².